The SMILES string of the molecule is Cc1csc(=O)n1CN(C)C. The normalized spacial score (nSPS) is 10.9. The highest BCUT2D eigenvalue weighted by Crippen LogP contribution is 1.99. The van der Waals surface area contributed by atoms with Crippen LogP contribution in [0.2, 0.25) is 0 Å². The lowest BCUT2D eigenvalue weighted by Gasteiger charge is -2.10. The van der Waals surface area contributed by atoms with Gasteiger partial charge >= 0.3 is 4.87 Å². The average Bonchev–Trinajstić information content (AvgIpc) is 2.18. The molecule has 62 valence electrons. The first-order valence-corrected chi connectivity index (χ1v) is 4.29. The summed E-state index contributed by atoms with van der Waals surface area (Å²) < 4.78 is 1.75. The van der Waals surface area contributed by atoms with Gasteiger partial charge in [-0.05, 0) is 21.0 Å². The molecule has 0 fully saturated rings. The molecule has 0 bridgehead atoms. The fraction of sp³-hybridized carbons (Fsp3) is 0.571. The van der Waals surface area contributed by atoms with E-state index in [4.69, 9.17) is 0 Å². The van der Waals surface area contributed by atoms with E-state index in [1.54, 1.807) is 4.57 Å². The monoisotopic (exact) mass is 172 g/mol. The zero-order valence-corrected chi connectivity index (χ0v) is 7.81. The van der Waals surface area contributed by atoms with Gasteiger partial charge in [0, 0.05) is 11.1 Å². The summed E-state index contributed by atoms with van der Waals surface area (Å²) in [6.45, 7) is 2.62. The average molecular weight is 172 g/mol. The summed E-state index contributed by atoms with van der Waals surface area (Å²) in [7, 11) is 3.90. The Bertz CT molecular complexity index is 287. The number of aromatic nitrogens is 1. The highest BCUT2D eigenvalue weighted by molar-refractivity contribution is 7.07. The molecule has 4 heteroatoms. The second-order valence-electron chi connectivity index (χ2n) is 2.79. The minimum atomic E-state index is 0.121. The van der Waals surface area contributed by atoms with Gasteiger partial charge in [-0.25, -0.2) is 0 Å². The van der Waals surface area contributed by atoms with E-state index in [1.165, 1.54) is 11.3 Å². The Morgan fingerprint density at radius 1 is 1.64 bits per heavy atom. The van der Waals surface area contributed by atoms with Crippen LogP contribution in [-0.4, -0.2) is 23.6 Å². The Morgan fingerprint density at radius 2 is 2.27 bits per heavy atom. The molecule has 0 aliphatic carbocycles. The topological polar surface area (TPSA) is 25.2 Å². The summed E-state index contributed by atoms with van der Waals surface area (Å²) in [5, 5.41) is 1.88. The van der Waals surface area contributed by atoms with Gasteiger partial charge in [-0.3, -0.25) is 14.3 Å². The Kier molecular flexibility index (Phi) is 2.46. The van der Waals surface area contributed by atoms with Crippen LogP contribution >= 0.6 is 11.3 Å². The van der Waals surface area contributed by atoms with Crippen molar-refractivity contribution in [2.24, 2.45) is 0 Å². The largest absolute Gasteiger partial charge is 0.308 e. The van der Waals surface area contributed by atoms with Crippen LogP contribution in [0, 0.1) is 6.92 Å². The van der Waals surface area contributed by atoms with E-state index < -0.39 is 0 Å². The highest BCUT2D eigenvalue weighted by Gasteiger charge is 2.01. The Balaban J connectivity index is 2.92. The van der Waals surface area contributed by atoms with Gasteiger partial charge < -0.3 is 0 Å². The van der Waals surface area contributed by atoms with Crippen molar-refractivity contribution >= 4 is 11.3 Å². The lowest BCUT2D eigenvalue weighted by atomic mass is 10.5. The second-order valence-corrected chi connectivity index (χ2v) is 3.61. The lowest BCUT2D eigenvalue weighted by Crippen LogP contribution is -2.24. The molecule has 0 N–H and O–H groups in total. The van der Waals surface area contributed by atoms with Crippen molar-refractivity contribution in [1.82, 2.24) is 9.47 Å². The van der Waals surface area contributed by atoms with Crippen LogP contribution in [0.5, 0.6) is 0 Å². The quantitative estimate of drug-likeness (QED) is 0.657. The van der Waals surface area contributed by atoms with Crippen LogP contribution in [0.4, 0.5) is 0 Å². The smallest absolute Gasteiger partial charge is 0.292 e. The van der Waals surface area contributed by atoms with Crippen molar-refractivity contribution in [2.75, 3.05) is 14.1 Å². The van der Waals surface area contributed by atoms with E-state index in [0.717, 1.165) is 5.69 Å². The van der Waals surface area contributed by atoms with Crippen LogP contribution in [-0.2, 0) is 6.67 Å². The first-order chi connectivity index (χ1) is 5.11. The summed E-state index contributed by atoms with van der Waals surface area (Å²) in [4.78, 5) is 13.2. The molecule has 11 heavy (non-hydrogen) atoms. The lowest BCUT2D eigenvalue weighted by molar-refractivity contribution is 0.320. The van der Waals surface area contributed by atoms with Gasteiger partial charge in [0.05, 0.1) is 6.67 Å². The third kappa shape index (κ3) is 1.91. The molecule has 0 spiro atoms. The summed E-state index contributed by atoms with van der Waals surface area (Å²) in [6.07, 6.45) is 0. The number of thiazole rings is 1. The Labute approximate surface area is 69.9 Å². The molecule has 0 unspecified atom stereocenters. The van der Waals surface area contributed by atoms with E-state index in [9.17, 15) is 4.79 Å². The molecule has 1 heterocycles. The molecule has 0 saturated heterocycles. The molecule has 0 aliphatic rings. The molecule has 0 atom stereocenters. The third-order valence-corrected chi connectivity index (χ3v) is 2.28. The number of rotatable bonds is 2. The maximum absolute atomic E-state index is 11.1. The van der Waals surface area contributed by atoms with Gasteiger partial charge in [-0.1, -0.05) is 11.3 Å². The van der Waals surface area contributed by atoms with E-state index in [0.29, 0.717) is 6.67 Å². The number of hydrogen-bond donors (Lipinski definition) is 0. The molecule has 0 aromatic carbocycles. The van der Waals surface area contributed by atoms with Gasteiger partial charge in [-0.15, -0.1) is 0 Å². The molecule has 0 radical (unpaired) electrons. The molecule has 3 nitrogen and oxygen atoms in total. The fourth-order valence-electron chi connectivity index (χ4n) is 0.859. The summed E-state index contributed by atoms with van der Waals surface area (Å²) in [5.74, 6) is 0. The minimum absolute atomic E-state index is 0.121. The van der Waals surface area contributed by atoms with Crippen molar-refractivity contribution in [2.45, 2.75) is 13.6 Å². The predicted octanol–water partition coefficient (Wildman–Crippen LogP) is 0.737. The summed E-state index contributed by atoms with van der Waals surface area (Å²) in [5.41, 5.74) is 1.04. The van der Waals surface area contributed by atoms with E-state index in [1.807, 2.05) is 31.3 Å². The van der Waals surface area contributed by atoms with Crippen molar-refractivity contribution in [3.8, 4) is 0 Å². The maximum Gasteiger partial charge on any atom is 0.308 e. The Hall–Kier alpha value is -0.610. The first-order valence-electron chi connectivity index (χ1n) is 3.41. The van der Waals surface area contributed by atoms with Crippen LogP contribution in [0.15, 0.2) is 10.2 Å². The van der Waals surface area contributed by atoms with Crippen molar-refractivity contribution in [1.29, 1.82) is 0 Å². The minimum Gasteiger partial charge on any atom is -0.292 e. The summed E-state index contributed by atoms with van der Waals surface area (Å²) >= 11 is 1.25. The predicted molar refractivity (Wildman–Crippen MR) is 47.0 cm³/mol. The molecule has 0 aliphatic heterocycles. The van der Waals surface area contributed by atoms with Crippen LogP contribution in [0.1, 0.15) is 5.69 Å². The van der Waals surface area contributed by atoms with Gasteiger partial charge in [0.1, 0.15) is 0 Å². The molecule has 1 aromatic rings. The Morgan fingerprint density at radius 3 is 2.64 bits per heavy atom. The van der Waals surface area contributed by atoms with Gasteiger partial charge in [-0.2, -0.15) is 0 Å². The van der Waals surface area contributed by atoms with Crippen LogP contribution in [0.3, 0.4) is 0 Å². The van der Waals surface area contributed by atoms with Gasteiger partial charge in [0.15, 0.2) is 0 Å². The van der Waals surface area contributed by atoms with Crippen LogP contribution in [0.25, 0.3) is 0 Å². The highest BCUT2D eigenvalue weighted by atomic mass is 32.1. The maximum atomic E-state index is 11.1. The van der Waals surface area contributed by atoms with Gasteiger partial charge in [0.25, 0.3) is 0 Å². The molecule has 0 amide bonds. The molecule has 1 aromatic heterocycles. The fourth-order valence-corrected chi connectivity index (χ4v) is 1.59. The standard InChI is InChI=1S/C7H12N2OS/c1-6-4-11-7(10)9(6)5-8(2)3/h4H,5H2,1-3H3. The number of hydrogen-bond acceptors (Lipinski definition) is 3. The van der Waals surface area contributed by atoms with E-state index >= 15 is 0 Å². The molecule has 1 rings (SSSR count). The van der Waals surface area contributed by atoms with E-state index in [-0.39, 0.29) is 4.87 Å². The second kappa shape index (κ2) is 3.19. The van der Waals surface area contributed by atoms with Crippen LogP contribution < -0.4 is 4.87 Å². The van der Waals surface area contributed by atoms with Crippen molar-refractivity contribution in [3.63, 3.8) is 0 Å². The number of aryl methyl sites for hydroxylation is 1. The van der Waals surface area contributed by atoms with Crippen molar-refractivity contribution < 1.29 is 0 Å². The van der Waals surface area contributed by atoms with Gasteiger partial charge in [0.2, 0.25) is 0 Å². The number of nitrogens with zero attached hydrogens (tertiary/aromatic N) is 2. The zero-order chi connectivity index (χ0) is 8.43. The first kappa shape index (κ1) is 8.49. The molecular formula is C7H12N2OS. The van der Waals surface area contributed by atoms with E-state index in [2.05, 4.69) is 0 Å². The third-order valence-electron chi connectivity index (χ3n) is 1.40. The molecule has 0 saturated carbocycles. The molecular weight excluding hydrogens is 160 g/mol. The van der Waals surface area contributed by atoms with Crippen molar-refractivity contribution in [3.05, 3.63) is 20.7 Å². The zero-order valence-electron chi connectivity index (χ0n) is 7.00. The summed E-state index contributed by atoms with van der Waals surface area (Å²) in [6, 6.07) is 0.